The monoisotopic (exact) mass is 294 g/mol. The van der Waals surface area contributed by atoms with Gasteiger partial charge in [-0.05, 0) is 65.9 Å². The van der Waals surface area contributed by atoms with Crippen molar-refractivity contribution in [3.05, 3.63) is 45.9 Å². The molecular weight excluding hydrogens is 283 g/mol. The van der Waals surface area contributed by atoms with Crippen LogP contribution in [0.3, 0.4) is 0 Å². The molecular formula is C13H12BrFN2. The Balaban J connectivity index is 2.09. The standard InChI is InChI=1S/C13H12BrFN2/c14-13-11-3-1-2-4-12(11)16-17(13)10-7-5-9(15)6-8-10/h5-8H,1-4H2. The van der Waals surface area contributed by atoms with Crippen molar-refractivity contribution >= 4 is 15.9 Å². The van der Waals surface area contributed by atoms with Crippen molar-refractivity contribution in [1.82, 2.24) is 9.78 Å². The normalized spacial score (nSPS) is 14.7. The summed E-state index contributed by atoms with van der Waals surface area (Å²) in [5, 5.41) is 4.60. The molecule has 0 spiro atoms. The number of benzene rings is 1. The Bertz CT molecular complexity index is 545. The molecule has 0 N–H and O–H groups in total. The molecule has 3 rings (SSSR count). The second-order valence-electron chi connectivity index (χ2n) is 4.31. The first kappa shape index (κ1) is 11.0. The summed E-state index contributed by atoms with van der Waals surface area (Å²) in [5.41, 5.74) is 3.38. The number of fused-ring (bicyclic) bond motifs is 1. The molecule has 0 atom stereocenters. The molecule has 2 nitrogen and oxygen atoms in total. The molecule has 0 fully saturated rings. The molecule has 4 heteroatoms. The SMILES string of the molecule is Fc1ccc(-n2nc3c(c2Br)CCCC3)cc1. The predicted molar refractivity (Wildman–Crippen MR) is 67.9 cm³/mol. The van der Waals surface area contributed by atoms with Gasteiger partial charge in [-0.25, -0.2) is 9.07 Å². The third-order valence-corrected chi connectivity index (χ3v) is 3.98. The summed E-state index contributed by atoms with van der Waals surface area (Å²) in [4.78, 5) is 0. The van der Waals surface area contributed by atoms with Crippen molar-refractivity contribution in [1.29, 1.82) is 0 Å². The highest BCUT2D eigenvalue weighted by Gasteiger charge is 2.19. The fourth-order valence-electron chi connectivity index (χ4n) is 2.27. The zero-order valence-corrected chi connectivity index (χ0v) is 10.9. The molecule has 0 saturated carbocycles. The molecule has 1 aromatic heterocycles. The van der Waals surface area contributed by atoms with Gasteiger partial charge in [0.25, 0.3) is 0 Å². The summed E-state index contributed by atoms with van der Waals surface area (Å²) >= 11 is 3.60. The van der Waals surface area contributed by atoms with E-state index in [-0.39, 0.29) is 5.82 Å². The predicted octanol–water partition coefficient (Wildman–Crippen LogP) is 3.65. The first-order valence-electron chi connectivity index (χ1n) is 5.78. The van der Waals surface area contributed by atoms with E-state index in [2.05, 4.69) is 21.0 Å². The van der Waals surface area contributed by atoms with Crippen molar-refractivity contribution in [3.8, 4) is 5.69 Å². The van der Waals surface area contributed by atoms with Crippen molar-refractivity contribution < 1.29 is 4.39 Å². The van der Waals surface area contributed by atoms with Crippen LogP contribution in [0.4, 0.5) is 4.39 Å². The van der Waals surface area contributed by atoms with E-state index in [9.17, 15) is 4.39 Å². The number of hydrogen-bond acceptors (Lipinski definition) is 1. The Morgan fingerprint density at radius 1 is 1.12 bits per heavy atom. The maximum Gasteiger partial charge on any atom is 0.123 e. The molecule has 1 aromatic carbocycles. The van der Waals surface area contributed by atoms with Gasteiger partial charge in [0, 0.05) is 5.56 Å². The molecule has 0 amide bonds. The van der Waals surface area contributed by atoms with Crippen molar-refractivity contribution in [2.24, 2.45) is 0 Å². The highest BCUT2D eigenvalue weighted by atomic mass is 79.9. The minimum absolute atomic E-state index is 0.221. The summed E-state index contributed by atoms with van der Waals surface area (Å²) in [6, 6.07) is 6.42. The Morgan fingerprint density at radius 3 is 2.53 bits per heavy atom. The second-order valence-corrected chi connectivity index (χ2v) is 5.06. The molecule has 0 radical (unpaired) electrons. The van der Waals surface area contributed by atoms with Crippen LogP contribution in [0.2, 0.25) is 0 Å². The van der Waals surface area contributed by atoms with Crippen molar-refractivity contribution in [2.75, 3.05) is 0 Å². The largest absolute Gasteiger partial charge is 0.226 e. The van der Waals surface area contributed by atoms with Crippen LogP contribution in [0.15, 0.2) is 28.9 Å². The van der Waals surface area contributed by atoms with E-state index in [1.807, 2.05) is 4.68 Å². The number of aryl methyl sites for hydroxylation is 1. The van der Waals surface area contributed by atoms with Crippen LogP contribution in [-0.4, -0.2) is 9.78 Å². The van der Waals surface area contributed by atoms with Gasteiger partial charge in [0.05, 0.1) is 11.4 Å². The fraction of sp³-hybridized carbons (Fsp3) is 0.308. The third-order valence-electron chi connectivity index (χ3n) is 3.17. The first-order valence-corrected chi connectivity index (χ1v) is 6.57. The quantitative estimate of drug-likeness (QED) is 0.785. The van der Waals surface area contributed by atoms with E-state index in [4.69, 9.17) is 0 Å². The van der Waals surface area contributed by atoms with Crippen LogP contribution >= 0.6 is 15.9 Å². The van der Waals surface area contributed by atoms with Crippen LogP contribution < -0.4 is 0 Å². The van der Waals surface area contributed by atoms with Gasteiger partial charge in [-0.3, -0.25) is 0 Å². The second kappa shape index (κ2) is 4.26. The van der Waals surface area contributed by atoms with E-state index in [1.54, 1.807) is 12.1 Å². The number of hydrogen-bond donors (Lipinski definition) is 0. The topological polar surface area (TPSA) is 17.8 Å². The van der Waals surface area contributed by atoms with Gasteiger partial charge >= 0.3 is 0 Å². The molecule has 1 heterocycles. The fourth-order valence-corrected chi connectivity index (χ4v) is 2.98. The molecule has 0 aliphatic heterocycles. The van der Waals surface area contributed by atoms with Gasteiger partial charge in [-0.1, -0.05) is 0 Å². The lowest BCUT2D eigenvalue weighted by Gasteiger charge is -2.08. The lowest BCUT2D eigenvalue weighted by atomic mass is 9.99. The first-order chi connectivity index (χ1) is 8.25. The smallest absolute Gasteiger partial charge is 0.123 e. The maximum atomic E-state index is 12.9. The molecule has 1 aliphatic rings. The van der Waals surface area contributed by atoms with E-state index < -0.39 is 0 Å². The summed E-state index contributed by atoms with van der Waals surface area (Å²) in [5.74, 6) is -0.221. The average molecular weight is 295 g/mol. The molecule has 0 bridgehead atoms. The zero-order valence-electron chi connectivity index (χ0n) is 9.29. The van der Waals surface area contributed by atoms with Gasteiger partial charge < -0.3 is 0 Å². The Morgan fingerprint density at radius 2 is 1.82 bits per heavy atom. The third kappa shape index (κ3) is 1.90. The van der Waals surface area contributed by atoms with Crippen LogP contribution in [0.5, 0.6) is 0 Å². The van der Waals surface area contributed by atoms with Crippen molar-refractivity contribution in [3.63, 3.8) is 0 Å². The minimum Gasteiger partial charge on any atom is -0.226 e. The number of rotatable bonds is 1. The summed E-state index contributed by atoms with van der Waals surface area (Å²) < 4.78 is 15.8. The van der Waals surface area contributed by atoms with E-state index in [1.165, 1.54) is 36.2 Å². The van der Waals surface area contributed by atoms with Gasteiger partial charge in [0.2, 0.25) is 0 Å². The van der Waals surface area contributed by atoms with Gasteiger partial charge in [-0.15, -0.1) is 0 Å². The zero-order chi connectivity index (χ0) is 11.8. The van der Waals surface area contributed by atoms with Gasteiger partial charge in [-0.2, -0.15) is 5.10 Å². The molecule has 1 aliphatic carbocycles. The summed E-state index contributed by atoms with van der Waals surface area (Å²) in [6.07, 6.45) is 4.56. The Labute approximate surface area is 108 Å². The Hall–Kier alpha value is -1.16. The van der Waals surface area contributed by atoms with Crippen LogP contribution in [0.25, 0.3) is 5.69 Å². The molecule has 0 saturated heterocycles. The minimum atomic E-state index is -0.221. The van der Waals surface area contributed by atoms with E-state index in [0.29, 0.717) is 0 Å². The van der Waals surface area contributed by atoms with Crippen LogP contribution in [0, 0.1) is 5.82 Å². The molecule has 0 unspecified atom stereocenters. The highest BCUT2D eigenvalue weighted by molar-refractivity contribution is 9.10. The maximum absolute atomic E-state index is 12.9. The lowest BCUT2D eigenvalue weighted by molar-refractivity contribution is 0.626. The van der Waals surface area contributed by atoms with E-state index >= 15 is 0 Å². The number of aromatic nitrogens is 2. The van der Waals surface area contributed by atoms with E-state index in [0.717, 1.165) is 23.1 Å². The molecule has 2 aromatic rings. The highest BCUT2D eigenvalue weighted by Crippen LogP contribution is 2.29. The van der Waals surface area contributed by atoms with Gasteiger partial charge in [0.1, 0.15) is 10.4 Å². The molecule has 88 valence electrons. The summed E-state index contributed by atoms with van der Waals surface area (Å²) in [6.45, 7) is 0. The lowest BCUT2D eigenvalue weighted by Crippen LogP contribution is -2.00. The summed E-state index contributed by atoms with van der Waals surface area (Å²) in [7, 11) is 0. The average Bonchev–Trinajstić information content (AvgIpc) is 2.69. The Kier molecular flexibility index (Phi) is 2.74. The number of halogens is 2. The van der Waals surface area contributed by atoms with Crippen LogP contribution in [-0.2, 0) is 12.8 Å². The number of nitrogens with zero attached hydrogens (tertiary/aromatic N) is 2. The molecule has 17 heavy (non-hydrogen) atoms. The van der Waals surface area contributed by atoms with Crippen LogP contribution in [0.1, 0.15) is 24.1 Å². The van der Waals surface area contributed by atoms with Gasteiger partial charge in [0.15, 0.2) is 0 Å². The van der Waals surface area contributed by atoms with Crippen molar-refractivity contribution in [2.45, 2.75) is 25.7 Å².